The van der Waals surface area contributed by atoms with Gasteiger partial charge in [-0.1, -0.05) is 37.3 Å². The maximum atomic E-state index is 11.5. The number of hydrogen-bond donors (Lipinski definition) is 2. The third-order valence-electron chi connectivity index (χ3n) is 2.58. The molecular weight excluding hydrogens is 218 g/mol. The van der Waals surface area contributed by atoms with Gasteiger partial charge >= 0.3 is 5.97 Å². The monoisotopic (exact) mass is 235 g/mol. The Bertz CT molecular complexity index is 376. The van der Waals surface area contributed by atoms with Crippen LogP contribution in [0.2, 0.25) is 0 Å². The Morgan fingerprint density at radius 1 is 1.29 bits per heavy atom. The normalized spacial score (nSPS) is 11.8. The molecule has 4 heteroatoms. The summed E-state index contributed by atoms with van der Waals surface area (Å²) >= 11 is 0. The van der Waals surface area contributed by atoms with Crippen molar-refractivity contribution in [2.24, 2.45) is 5.92 Å². The van der Waals surface area contributed by atoms with Crippen molar-refractivity contribution in [3.63, 3.8) is 0 Å². The minimum Gasteiger partial charge on any atom is -0.481 e. The van der Waals surface area contributed by atoms with E-state index in [0.717, 1.165) is 5.56 Å². The highest BCUT2D eigenvalue weighted by atomic mass is 16.4. The molecule has 0 aliphatic heterocycles. The molecule has 0 heterocycles. The molecule has 1 aromatic rings. The topological polar surface area (TPSA) is 66.4 Å². The van der Waals surface area contributed by atoms with Crippen LogP contribution >= 0.6 is 0 Å². The second kappa shape index (κ2) is 6.68. The molecule has 0 bridgehead atoms. The third kappa shape index (κ3) is 4.26. The SMILES string of the molecule is CCC(C(=O)O)C(=O)NCCc1ccccc1. The Kier molecular flexibility index (Phi) is 5.20. The van der Waals surface area contributed by atoms with Gasteiger partial charge in [-0.2, -0.15) is 0 Å². The predicted molar refractivity (Wildman–Crippen MR) is 64.6 cm³/mol. The lowest BCUT2D eigenvalue weighted by atomic mass is 10.1. The fourth-order valence-electron chi connectivity index (χ4n) is 1.57. The van der Waals surface area contributed by atoms with Crippen molar-refractivity contribution in [1.29, 1.82) is 0 Å². The van der Waals surface area contributed by atoms with Gasteiger partial charge < -0.3 is 10.4 Å². The summed E-state index contributed by atoms with van der Waals surface area (Å²) < 4.78 is 0. The number of benzene rings is 1. The van der Waals surface area contributed by atoms with E-state index in [0.29, 0.717) is 19.4 Å². The number of nitrogens with one attached hydrogen (secondary N) is 1. The van der Waals surface area contributed by atoms with Gasteiger partial charge in [-0.05, 0) is 18.4 Å². The van der Waals surface area contributed by atoms with Gasteiger partial charge in [0, 0.05) is 6.54 Å². The molecule has 0 aliphatic rings. The molecule has 2 N–H and O–H groups in total. The first-order valence-corrected chi connectivity index (χ1v) is 5.69. The van der Waals surface area contributed by atoms with Gasteiger partial charge in [-0.25, -0.2) is 0 Å². The molecule has 0 saturated carbocycles. The average molecular weight is 235 g/mol. The molecule has 4 nitrogen and oxygen atoms in total. The van der Waals surface area contributed by atoms with Gasteiger partial charge in [0.25, 0.3) is 0 Å². The summed E-state index contributed by atoms with van der Waals surface area (Å²) in [5, 5.41) is 11.4. The molecule has 0 aliphatic carbocycles. The molecule has 0 fully saturated rings. The van der Waals surface area contributed by atoms with Crippen molar-refractivity contribution in [3.05, 3.63) is 35.9 Å². The smallest absolute Gasteiger partial charge is 0.316 e. The molecule has 17 heavy (non-hydrogen) atoms. The standard InChI is InChI=1S/C13H17NO3/c1-2-11(13(16)17)12(15)14-9-8-10-6-4-3-5-7-10/h3-7,11H,2,8-9H2,1H3,(H,14,15)(H,16,17). The van der Waals surface area contributed by atoms with Crippen LogP contribution in [0, 0.1) is 5.92 Å². The van der Waals surface area contributed by atoms with Gasteiger partial charge in [0.2, 0.25) is 5.91 Å². The minimum absolute atomic E-state index is 0.312. The van der Waals surface area contributed by atoms with E-state index in [-0.39, 0.29) is 0 Å². The number of rotatable bonds is 6. The van der Waals surface area contributed by atoms with E-state index < -0.39 is 17.8 Å². The summed E-state index contributed by atoms with van der Waals surface area (Å²) in [7, 11) is 0. The van der Waals surface area contributed by atoms with E-state index in [1.165, 1.54) is 0 Å². The van der Waals surface area contributed by atoms with Crippen LogP contribution in [0.15, 0.2) is 30.3 Å². The molecule has 0 saturated heterocycles. The van der Waals surface area contributed by atoms with Crippen molar-refractivity contribution in [2.75, 3.05) is 6.54 Å². The van der Waals surface area contributed by atoms with E-state index in [4.69, 9.17) is 5.11 Å². The van der Waals surface area contributed by atoms with Crippen LogP contribution in [0.4, 0.5) is 0 Å². The summed E-state index contributed by atoms with van der Waals surface area (Å²) in [6.45, 7) is 2.15. The van der Waals surface area contributed by atoms with Gasteiger partial charge in [-0.15, -0.1) is 0 Å². The highest BCUT2D eigenvalue weighted by Crippen LogP contribution is 2.03. The maximum absolute atomic E-state index is 11.5. The third-order valence-corrected chi connectivity index (χ3v) is 2.58. The van der Waals surface area contributed by atoms with Gasteiger partial charge in [0.15, 0.2) is 0 Å². The molecule has 1 aromatic carbocycles. The van der Waals surface area contributed by atoms with Crippen LogP contribution in [-0.2, 0) is 16.0 Å². The van der Waals surface area contributed by atoms with Crippen molar-refractivity contribution in [2.45, 2.75) is 19.8 Å². The van der Waals surface area contributed by atoms with Crippen LogP contribution in [0.5, 0.6) is 0 Å². The summed E-state index contributed by atoms with van der Waals surface area (Å²) in [6.07, 6.45) is 1.02. The summed E-state index contributed by atoms with van der Waals surface area (Å²) in [4.78, 5) is 22.3. The van der Waals surface area contributed by atoms with E-state index in [1.807, 2.05) is 30.3 Å². The first kappa shape index (κ1) is 13.2. The van der Waals surface area contributed by atoms with Crippen LogP contribution in [0.25, 0.3) is 0 Å². The lowest BCUT2D eigenvalue weighted by Gasteiger charge is -2.10. The van der Waals surface area contributed by atoms with Crippen LogP contribution < -0.4 is 5.32 Å². The number of carboxylic acids is 1. The number of carbonyl (C=O) groups excluding carboxylic acids is 1. The largest absolute Gasteiger partial charge is 0.481 e. The summed E-state index contributed by atoms with van der Waals surface area (Å²) in [6, 6.07) is 9.74. The molecule has 1 amide bonds. The Morgan fingerprint density at radius 2 is 1.94 bits per heavy atom. The zero-order valence-corrected chi connectivity index (χ0v) is 9.85. The average Bonchev–Trinajstić information content (AvgIpc) is 2.30. The van der Waals surface area contributed by atoms with Crippen molar-refractivity contribution >= 4 is 11.9 Å². The Morgan fingerprint density at radius 3 is 2.47 bits per heavy atom. The fraction of sp³-hybridized carbons (Fsp3) is 0.385. The molecule has 1 rings (SSSR count). The number of hydrogen-bond acceptors (Lipinski definition) is 2. The van der Waals surface area contributed by atoms with Crippen LogP contribution in [-0.4, -0.2) is 23.5 Å². The van der Waals surface area contributed by atoms with E-state index in [1.54, 1.807) is 6.92 Å². The molecule has 1 atom stereocenters. The number of carbonyl (C=O) groups is 2. The second-order valence-corrected chi connectivity index (χ2v) is 3.83. The van der Waals surface area contributed by atoms with Gasteiger partial charge in [0.1, 0.15) is 5.92 Å². The second-order valence-electron chi connectivity index (χ2n) is 3.83. The molecule has 0 aromatic heterocycles. The summed E-state index contributed by atoms with van der Waals surface area (Å²) in [5.41, 5.74) is 1.12. The minimum atomic E-state index is -1.07. The van der Waals surface area contributed by atoms with E-state index >= 15 is 0 Å². The maximum Gasteiger partial charge on any atom is 0.316 e. The van der Waals surface area contributed by atoms with Crippen molar-refractivity contribution in [1.82, 2.24) is 5.32 Å². The molecule has 0 spiro atoms. The quantitative estimate of drug-likeness (QED) is 0.733. The van der Waals surface area contributed by atoms with Crippen molar-refractivity contribution < 1.29 is 14.7 Å². The molecule has 92 valence electrons. The molecule has 1 unspecified atom stereocenters. The highest BCUT2D eigenvalue weighted by molar-refractivity contribution is 5.96. The van der Waals surface area contributed by atoms with Crippen LogP contribution in [0.1, 0.15) is 18.9 Å². The molecule has 0 radical (unpaired) electrons. The van der Waals surface area contributed by atoms with E-state index in [9.17, 15) is 9.59 Å². The van der Waals surface area contributed by atoms with E-state index in [2.05, 4.69) is 5.32 Å². The first-order valence-electron chi connectivity index (χ1n) is 5.69. The number of aliphatic carboxylic acids is 1. The fourth-order valence-corrected chi connectivity index (χ4v) is 1.57. The van der Waals surface area contributed by atoms with Crippen molar-refractivity contribution in [3.8, 4) is 0 Å². The first-order chi connectivity index (χ1) is 8.15. The molecular formula is C13H17NO3. The highest BCUT2D eigenvalue weighted by Gasteiger charge is 2.23. The Balaban J connectivity index is 2.36. The lowest BCUT2D eigenvalue weighted by molar-refractivity contribution is -0.147. The predicted octanol–water partition coefficient (Wildman–Crippen LogP) is 1.46. The Labute approximate surface area is 101 Å². The lowest BCUT2D eigenvalue weighted by Crippen LogP contribution is -2.36. The van der Waals surface area contributed by atoms with Gasteiger partial charge in [0.05, 0.1) is 0 Å². The number of carboxylic acid groups (broad SMARTS) is 1. The van der Waals surface area contributed by atoms with Gasteiger partial charge in [-0.3, -0.25) is 9.59 Å². The zero-order valence-electron chi connectivity index (χ0n) is 9.85. The Hall–Kier alpha value is -1.84. The summed E-state index contributed by atoms with van der Waals surface area (Å²) in [5.74, 6) is -2.41. The number of amides is 1. The zero-order chi connectivity index (χ0) is 12.7. The van der Waals surface area contributed by atoms with Crippen LogP contribution in [0.3, 0.4) is 0 Å².